The van der Waals surface area contributed by atoms with E-state index in [0.717, 1.165) is 18.4 Å². The van der Waals surface area contributed by atoms with E-state index in [4.69, 9.17) is 14.7 Å². The fourth-order valence-corrected chi connectivity index (χ4v) is 1.85. The van der Waals surface area contributed by atoms with E-state index in [9.17, 15) is 4.79 Å². The topological polar surface area (TPSA) is 80.2 Å². The molecule has 0 bridgehead atoms. The first-order valence-electron chi connectivity index (χ1n) is 6.93. The van der Waals surface area contributed by atoms with Crippen molar-refractivity contribution >= 4 is 11.6 Å². The van der Waals surface area contributed by atoms with Gasteiger partial charge in [-0.25, -0.2) is 0 Å². The van der Waals surface area contributed by atoms with E-state index in [0.29, 0.717) is 36.3 Å². The second-order valence-corrected chi connectivity index (χ2v) is 4.99. The first-order chi connectivity index (χ1) is 10.1. The second-order valence-electron chi connectivity index (χ2n) is 4.99. The minimum atomic E-state index is 0.0105. The summed E-state index contributed by atoms with van der Waals surface area (Å²) in [6.07, 6.45) is 2.47. The number of carbonyl (C=O) groups excluding carboxylic acids is 1. The number of benzene rings is 1. The Morgan fingerprint density at radius 2 is 2.19 bits per heavy atom. The van der Waals surface area contributed by atoms with Crippen molar-refractivity contribution in [1.82, 2.24) is 5.32 Å². The van der Waals surface area contributed by atoms with Gasteiger partial charge in [0.2, 0.25) is 5.91 Å². The average Bonchev–Trinajstić information content (AvgIpc) is 3.30. The van der Waals surface area contributed by atoms with Crippen molar-refractivity contribution < 1.29 is 19.5 Å². The highest BCUT2D eigenvalue weighted by Crippen LogP contribution is 2.28. The lowest BCUT2D eigenvalue weighted by Crippen LogP contribution is -2.26. The molecule has 2 rings (SSSR count). The van der Waals surface area contributed by atoms with Gasteiger partial charge < -0.3 is 20.0 Å². The van der Waals surface area contributed by atoms with Crippen LogP contribution < -0.4 is 14.8 Å². The number of nitrogens with one attached hydrogen (secondary N) is 1. The van der Waals surface area contributed by atoms with Gasteiger partial charge in [0.25, 0.3) is 0 Å². The Balaban J connectivity index is 1.91. The molecule has 0 aliphatic heterocycles. The minimum Gasteiger partial charge on any atom is -0.493 e. The van der Waals surface area contributed by atoms with Gasteiger partial charge in [0, 0.05) is 11.6 Å². The molecule has 0 atom stereocenters. The van der Waals surface area contributed by atoms with Crippen LogP contribution >= 0.6 is 0 Å². The van der Waals surface area contributed by atoms with Crippen LogP contribution in [0.25, 0.3) is 0 Å². The molecule has 6 heteroatoms. The third-order valence-electron chi connectivity index (χ3n) is 3.26. The lowest BCUT2D eigenvalue weighted by molar-refractivity contribution is -0.121. The van der Waals surface area contributed by atoms with Gasteiger partial charge in [-0.1, -0.05) is 5.16 Å². The molecule has 1 fully saturated rings. The molecule has 114 valence electrons. The first-order valence-corrected chi connectivity index (χ1v) is 6.93. The van der Waals surface area contributed by atoms with Crippen LogP contribution in [0.3, 0.4) is 0 Å². The van der Waals surface area contributed by atoms with Gasteiger partial charge in [-0.15, -0.1) is 0 Å². The minimum absolute atomic E-state index is 0.0105. The summed E-state index contributed by atoms with van der Waals surface area (Å²) in [4.78, 5) is 11.6. The van der Waals surface area contributed by atoms with Crippen molar-refractivity contribution in [3.05, 3.63) is 23.8 Å². The number of carbonyl (C=O) groups is 1. The molecule has 21 heavy (non-hydrogen) atoms. The van der Waals surface area contributed by atoms with E-state index >= 15 is 0 Å². The van der Waals surface area contributed by atoms with Gasteiger partial charge in [0.05, 0.1) is 25.8 Å². The van der Waals surface area contributed by atoms with Crippen LogP contribution in [0.1, 0.15) is 31.7 Å². The predicted molar refractivity (Wildman–Crippen MR) is 78.3 cm³/mol. The molecule has 0 heterocycles. The maximum absolute atomic E-state index is 11.6. The van der Waals surface area contributed by atoms with E-state index in [1.54, 1.807) is 25.1 Å². The zero-order chi connectivity index (χ0) is 15.2. The molecule has 0 radical (unpaired) electrons. The van der Waals surface area contributed by atoms with Crippen LogP contribution in [-0.2, 0) is 4.79 Å². The summed E-state index contributed by atoms with van der Waals surface area (Å²) in [6.45, 7) is 1.98. The Morgan fingerprint density at radius 1 is 1.43 bits per heavy atom. The zero-order valence-electron chi connectivity index (χ0n) is 12.3. The van der Waals surface area contributed by atoms with Crippen LogP contribution in [0.15, 0.2) is 23.4 Å². The lowest BCUT2D eigenvalue weighted by Gasteiger charge is -2.12. The van der Waals surface area contributed by atoms with Crippen molar-refractivity contribution in [2.45, 2.75) is 32.2 Å². The van der Waals surface area contributed by atoms with Gasteiger partial charge in [-0.05, 0) is 38.0 Å². The lowest BCUT2D eigenvalue weighted by atomic mass is 10.1. The molecule has 6 nitrogen and oxygen atoms in total. The fourth-order valence-electron chi connectivity index (χ4n) is 1.85. The normalized spacial score (nSPS) is 14.7. The van der Waals surface area contributed by atoms with Crippen molar-refractivity contribution in [2.75, 3.05) is 13.7 Å². The molecule has 0 aromatic heterocycles. The molecular weight excluding hydrogens is 272 g/mol. The summed E-state index contributed by atoms with van der Waals surface area (Å²) in [5, 5.41) is 14.8. The zero-order valence-corrected chi connectivity index (χ0v) is 12.3. The van der Waals surface area contributed by atoms with Gasteiger partial charge in [-0.3, -0.25) is 4.79 Å². The standard InChI is InChI=1S/C15H20N2O4/c1-10(17-19)11-3-6-13(14(9-11)20-2)21-8-7-15(18)16-12-4-5-12/h3,6,9,12,19H,4-5,7-8H2,1-2H3,(H,16,18)/b17-10+. The summed E-state index contributed by atoms with van der Waals surface area (Å²) < 4.78 is 10.8. The smallest absolute Gasteiger partial charge is 0.223 e. The maximum atomic E-state index is 11.6. The predicted octanol–water partition coefficient (Wildman–Crippen LogP) is 1.94. The third-order valence-corrected chi connectivity index (χ3v) is 3.26. The molecule has 2 N–H and O–H groups in total. The largest absolute Gasteiger partial charge is 0.493 e. The van der Waals surface area contributed by atoms with Gasteiger partial charge in [-0.2, -0.15) is 0 Å². The van der Waals surface area contributed by atoms with E-state index < -0.39 is 0 Å². The van der Waals surface area contributed by atoms with Gasteiger partial charge in [0.1, 0.15) is 0 Å². The maximum Gasteiger partial charge on any atom is 0.223 e. The summed E-state index contributed by atoms with van der Waals surface area (Å²) in [5.41, 5.74) is 1.23. The summed E-state index contributed by atoms with van der Waals surface area (Å²) in [7, 11) is 1.54. The van der Waals surface area contributed by atoms with Gasteiger partial charge in [0.15, 0.2) is 11.5 Å². The SMILES string of the molecule is COc1cc(/C(C)=N/O)ccc1OCCC(=O)NC1CC1. The molecule has 1 aliphatic carbocycles. The molecular formula is C15H20N2O4. The molecule has 1 aromatic rings. The number of nitrogens with zero attached hydrogens (tertiary/aromatic N) is 1. The molecule has 0 spiro atoms. The molecule has 1 aromatic carbocycles. The van der Waals surface area contributed by atoms with Crippen molar-refractivity contribution in [3.8, 4) is 11.5 Å². The molecule has 1 saturated carbocycles. The van der Waals surface area contributed by atoms with Crippen molar-refractivity contribution in [2.24, 2.45) is 5.16 Å². The van der Waals surface area contributed by atoms with Crippen LogP contribution in [0.4, 0.5) is 0 Å². The molecule has 0 unspecified atom stereocenters. The summed E-state index contributed by atoms with van der Waals surface area (Å²) >= 11 is 0. The number of amides is 1. The molecule has 1 amide bonds. The highest BCUT2D eigenvalue weighted by Gasteiger charge is 2.22. The van der Waals surface area contributed by atoms with Crippen LogP contribution in [0, 0.1) is 0 Å². The van der Waals surface area contributed by atoms with Gasteiger partial charge >= 0.3 is 0 Å². The highest BCUT2D eigenvalue weighted by molar-refractivity contribution is 5.98. The third kappa shape index (κ3) is 4.37. The van der Waals surface area contributed by atoms with Crippen LogP contribution in [0.2, 0.25) is 0 Å². The van der Waals surface area contributed by atoms with Crippen molar-refractivity contribution in [1.29, 1.82) is 0 Å². The molecule has 1 aliphatic rings. The number of oxime groups is 1. The number of ether oxygens (including phenoxy) is 2. The summed E-state index contributed by atoms with van der Waals surface area (Å²) in [5.74, 6) is 1.11. The summed E-state index contributed by atoms with van der Waals surface area (Å²) in [6, 6.07) is 5.61. The Labute approximate surface area is 123 Å². The Hall–Kier alpha value is -2.24. The monoisotopic (exact) mass is 292 g/mol. The average molecular weight is 292 g/mol. The van der Waals surface area contributed by atoms with E-state index in [1.807, 2.05) is 0 Å². The van der Waals surface area contributed by atoms with E-state index in [2.05, 4.69) is 10.5 Å². The Morgan fingerprint density at radius 3 is 2.81 bits per heavy atom. The number of hydrogen-bond donors (Lipinski definition) is 2. The highest BCUT2D eigenvalue weighted by atomic mass is 16.5. The number of methoxy groups -OCH3 is 1. The number of rotatable bonds is 7. The Kier molecular flexibility index (Phi) is 5.03. The molecule has 0 saturated heterocycles. The first kappa shape index (κ1) is 15.2. The van der Waals surface area contributed by atoms with Crippen molar-refractivity contribution in [3.63, 3.8) is 0 Å². The van der Waals surface area contributed by atoms with Crippen LogP contribution in [-0.4, -0.2) is 36.6 Å². The Bertz CT molecular complexity index is 538. The fraction of sp³-hybridized carbons (Fsp3) is 0.467. The van der Waals surface area contributed by atoms with E-state index in [1.165, 1.54) is 7.11 Å². The van der Waals surface area contributed by atoms with E-state index in [-0.39, 0.29) is 5.91 Å². The second kappa shape index (κ2) is 6.97. The number of hydrogen-bond acceptors (Lipinski definition) is 5. The van der Waals surface area contributed by atoms with Crippen LogP contribution in [0.5, 0.6) is 11.5 Å². The quantitative estimate of drug-likeness (QED) is 0.457.